The molecule has 8 nitrogen and oxygen atoms in total. The summed E-state index contributed by atoms with van der Waals surface area (Å²) in [4.78, 5) is 29.9. The molecule has 4 rings (SSSR count). The van der Waals surface area contributed by atoms with E-state index in [4.69, 9.17) is 18.9 Å². The van der Waals surface area contributed by atoms with Gasteiger partial charge in [-0.25, -0.2) is 0 Å². The third-order valence-electron chi connectivity index (χ3n) is 6.94. The summed E-state index contributed by atoms with van der Waals surface area (Å²) in [6.45, 7) is 0.985. The number of benzene rings is 3. The van der Waals surface area contributed by atoms with Gasteiger partial charge in [-0.3, -0.25) is 9.59 Å². The molecule has 0 N–H and O–H groups in total. The summed E-state index contributed by atoms with van der Waals surface area (Å²) >= 11 is 0. The van der Waals surface area contributed by atoms with Crippen molar-refractivity contribution in [1.82, 2.24) is 9.80 Å². The van der Waals surface area contributed by atoms with Gasteiger partial charge in [0, 0.05) is 37.8 Å². The van der Waals surface area contributed by atoms with Crippen molar-refractivity contribution in [3.63, 3.8) is 0 Å². The second-order valence-electron chi connectivity index (χ2n) is 9.40. The molecule has 1 aliphatic rings. The van der Waals surface area contributed by atoms with Crippen LogP contribution in [-0.4, -0.2) is 76.2 Å². The highest BCUT2D eigenvalue weighted by Crippen LogP contribution is 2.38. The fourth-order valence-corrected chi connectivity index (χ4v) is 4.72. The van der Waals surface area contributed by atoms with Crippen molar-refractivity contribution in [2.45, 2.75) is 6.18 Å². The molecule has 1 saturated heterocycles. The molecule has 11 heteroatoms. The Bertz CT molecular complexity index is 1450. The Labute approximate surface area is 241 Å². The number of amides is 2. The first-order valence-electron chi connectivity index (χ1n) is 13.0. The molecule has 3 aromatic carbocycles. The fourth-order valence-electron chi connectivity index (χ4n) is 4.72. The summed E-state index contributed by atoms with van der Waals surface area (Å²) in [5.41, 5.74) is 0.607. The maximum absolute atomic E-state index is 13.5. The number of methoxy groups -OCH3 is 4. The minimum absolute atomic E-state index is 0.236. The molecular weight excluding hydrogens is 553 g/mol. The van der Waals surface area contributed by atoms with E-state index in [0.717, 1.165) is 12.1 Å². The van der Waals surface area contributed by atoms with Crippen molar-refractivity contribution < 1.29 is 41.7 Å². The third kappa shape index (κ3) is 6.62. The van der Waals surface area contributed by atoms with E-state index in [-0.39, 0.29) is 43.6 Å². The zero-order valence-corrected chi connectivity index (χ0v) is 23.7. The second-order valence-corrected chi connectivity index (χ2v) is 9.40. The number of nitrogens with zero attached hydrogens (tertiary/aromatic N) is 2. The number of halogens is 3. The van der Waals surface area contributed by atoms with Gasteiger partial charge in [0.2, 0.25) is 11.7 Å². The minimum atomic E-state index is -4.54. The summed E-state index contributed by atoms with van der Waals surface area (Å²) in [5.74, 6) is 0.906. The standard InChI is InChI=1S/C31H31F3N2O6/c1-39-24-10-6-8-21(16-24)25(20-7-5-9-23(15-20)31(32,33)34)19-28(37)35-11-13-36(14-12-35)30(38)22-17-26(40-2)29(42-4)27(18-22)41-3/h5-10,15-19H,11-14H2,1-4H3/b25-19-. The van der Waals surface area contributed by atoms with E-state index < -0.39 is 11.7 Å². The van der Waals surface area contributed by atoms with Crippen molar-refractivity contribution in [3.05, 3.63) is 89.0 Å². The number of carbonyl (C=O) groups is 2. The van der Waals surface area contributed by atoms with Gasteiger partial charge in [0.1, 0.15) is 5.75 Å². The lowest BCUT2D eigenvalue weighted by molar-refractivity contribution is -0.137. The minimum Gasteiger partial charge on any atom is -0.497 e. The highest BCUT2D eigenvalue weighted by molar-refractivity contribution is 6.00. The number of alkyl halides is 3. The summed E-state index contributed by atoms with van der Waals surface area (Å²) in [6.07, 6.45) is -3.21. The van der Waals surface area contributed by atoms with Crippen LogP contribution in [-0.2, 0) is 11.0 Å². The van der Waals surface area contributed by atoms with Crippen LogP contribution in [0.3, 0.4) is 0 Å². The smallest absolute Gasteiger partial charge is 0.416 e. The first-order chi connectivity index (χ1) is 20.1. The molecule has 222 valence electrons. The zero-order chi connectivity index (χ0) is 30.4. The molecule has 1 heterocycles. The average Bonchev–Trinajstić information content (AvgIpc) is 3.02. The van der Waals surface area contributed by atoms with Gasteiger partial charge in [-0.2, -0.15) is 13.2 Å². The number of ether oxygens (including phenoxy) is 4. The average molecular weight is 585 g/mol. The molecule has 42 heavy (non-hydrogen) atoms. The quantitative estimate of drug-likeness (QED) is 0.341. The van der Waals surface area contributed by atoms with Crippen LogP contribution < -0.4 is 18.9 Å². The lowest BCUT2D eigenvalue weighted by Crippen LogP contribution is -2.50. The van der Waals surface area contributed by atoms with Crippen LogP contribution >= 0.6 is 0 Å². The van der Waals surface area contributed by atoms with Crippen LogP contribution in [0.4, 0.5) is 13.2 Å². The maximum atomic E-state index is 13.5. The van der Waals surface area contributed by atoms with Crippen LogP contribution in [0.1, 0.15) is 27.0 Å². The van der Waals surface area contributed by atoms with Crippen molar-refractivity contribution in [2.24, 2.45) is 0 Å². The van der Waals surface area contributed by atoms with Gasteiger partial charge < -0.3 is 28.7 Å². The molecule has 0 unspecified atom stereocenters. The molecule has 1 aliphatic heterocycles. The van der Waals surface area contributed by atoms with E-state index in [9.17, 15) is 22.8 Å². The number of hydrogen-bond donors (Lipinski definition) is 0. The van der Waals surface area contributed by atoms with E-state index in [1.807, 2.05) is 0 Å². The van der Waals surface area contributed by atoms with E-state index in [0.29, 0.717) is 39.7 Å². The Morgan fingerprint density at radius 1 is 0.714 bits per heavy atom. The Hall–Kier alpha value is -4.67. The van der Waals surface area contributed by atoms with Gasteiger partial charge in [0.25, 0.3) is 5.91 Å². The van der Waals surface area contributed by atoms with Crippen LogP contribution in [0.25, 0.3) is 5.57 Å². The molecular formula is C31H31F3N2O6. The lowest BCUT2D eigenvalue weighted by Gasteiger charge is -2.34. The Kier molecular flexibility index (Phi) is 9.29. The molecule has 0 atom stereocenters. The van der Waals surface area contributed by atoms with E-state index >= 15 is 0 Å². The zero-order valence-electron chi connectivity index (χ0n) is 23.7. The Morgan fingerprint density at radius 2 is 1.29 bits per heavy atom. The van der Waals surface area contributed by atoms with Crippen LogP contribution in [0.15, 0.2) is 66.7 Å². The molecule has 3 aromatic rings. The number of carbonyl (C=O) groups excluding carboxylic acids is 2. The molecule has 0 aliphatic carbocycles. The summed E-state index contributed by atoms with van der Waals surface area (Å²) in [6, 6.07) is 14.8. The van der Waals surface area contributed by atoms with Gasteiger partial charge in [0.15, 0.2) is 11.5 Å². The highest BCUT2D eigenvalue weighted by atomic mass is 19.4. The van der Waals surface area contributed by atoms with Gasteiger partial charge in [0.05, 0.1) is 34.0 Å². The van der Waals surface area contributed by atoms with Gasteiger partial charge in [-0.15, -0.1) is 0 Å². The predicted molar refractivity (Wildman–Crippen MR) is 150 cm³/mol. The monoisotopic (exact) mass is 584 g/mol. The number of rotatable bonds is 8. The molecule has 0 aromatic heterocycles. The Morgan fingerprint density at radius 3 is 1.83 bits per heavy atom. The third-order valence-corrected chi connectivity index (χ3v) is 6.94. The molecule has 0 radical (unpaired) electrons. The molecule has 0 spiro atoms. The summed E-state index contributed by atoms with van der Waals surface area (Å²) in [7, 11) is 5.88. The van der Waals surface area contributed by atoms with E-state index in [1.54, 1.807) is 46.2 Å². The molecule has 1 fully saturated rings. The predicted octanol–water partition coefficient (Wildman–Crippen LogP) is 5.16. The van der Waals surface area contributed by atoms with E-state index in [1.165, 1.54) is 46.6 Å². The van der Waals surface area contributed by atoms with Crippen LogP contribution in [0, 0.1) is 0 Å². The van der Waals surface area contributed by atoms with Crippen molar-refractivity contribution in [1.29, 1.82) is 0 Å². The topological polar surface area (TPSA) is 77.5 Å². The van der Waals surface area contributed by atoms with Gasteiger partial charge in [-0.05, 0) is 53.1 Å². The van der Waals surface area contributed by atoms with Gasteiger partial charge >= 0.3 is 6.18 Å². The normalized spacial score (nSPS) is 13.9. The second kappa shape index (κ2) is 12.9. The maximum Gasteiger partial charge on any atom is 0.416 e. The van der Waals surface area contributed by atoms with Crippen molar-refractivity contribution in [2.75, 3.05) is 54.6 Å². The fraction of sp³-hybridized carbons (Fsp3) is 0.290. The first kappa shape index (κ1) is 30.3. The van der Waals surface area contributed by atoms with E-state index in [2.05, 4.69) is 0 Å². The Balaban J connectivity index is 1.57. The molecule has 2 amide bonds. The molecule has 0 bridgehead atoms. The SMILES string of the molecule is COc1cccc(/C(=C\C(=O)N2CCN(C(=O)c3cc(OC)c(OC)c(OC)c3)CC2)c2cccc(C(F)(F)F)c2)c1. The van der Waals surface area contributed by atoms with Crippen molar-refractivity contribution in [3.8, 4) is 23.0 Å². The highest BCUT2D eigenvalue weighted by Gasteiger charge is 2.31. The van der Waals surface area contributed by atoms with Crippen LogP contribution in [0.2, 0.25) is 0 Å². The van der Waals surface area contributed by atoms with Crippen LogP contribution in [0.5, 0.6) is 23.0 Å². The first-order valence-corrected chi connectivity index (χ1v) is 13.0. The largest absolute Gasteiger partial charge is 0.497 e. The van der Waals surface area contributed by atoms with Crippen molar-refractivity contribution >= 4 is 17.4 Å². The van der Waals surface area contributed by atoms with Gasteiger partial charge in [-0.1, -0.05) is 24.3 Å². The summed E-state index contributed by atoms with van der Waals surface area (Å²) < 4.78 is 61.8. The summed E-state index contributed by atoms with van der Waals surface area (Å²) in [5, 5.41) is 0. The number of hydrogen-bond acceptors (Lipinski definition) is 6. The molecule has 0 saturated carbocycles. The number of piperazine rings is 1. The lowest BCUT2D eigenvalue weighted by atomic mass is 9.95.